The van der Waals surface area contributed by atoms with Crippen LogP contribution in [0.5, 0.6) is 0 Å². The second-order valence-electron chi connectivity index (χ2n) is 13.6. The summed E-state index contributed by atoms with van der Waals surface area (Å²) < 4.78 is 6.79. The van der Waals surface area contributed by atoms with Crippen molar-refractivity contribution in [1.29, 1.82) is 0 Å². The van der Waals surface area contributed by atoms with Crippen molar-refractivity contribution in [3.05, 3.63) is 212 Å². The van der Waals surface area contributed by atoms with Crippen molar-refractivity contribution in [2.45, 2.75) is 0 Å². The molecule has 0 aliphatic carbocycles. The average Bonchev–Trinajstić information content (AvgIpc) is 3.64. The maximum atomic E-state index is 6.79. The third kappa shape index (κ3) is 5.44. The van der Waals surface area contributed by atoms with Crippen LogP contribution < -0.4 is 4.90 Å². The summed E-state index contributed by atoms with van der Waals surface area (Å²) in [5.41, 5.74) is 14.1. The van der Waals surface area contributed by atoms with Gasteiger partial charge in [0.25, 0.3) is 0 Å². The number of benzene rings is 9. The van der Waals surface area contributed by atoms with Crippen LogP contribution in [0.4, 0.5) is 17.1 Å². The topological polar surface area (TPSA) is 16.4 Å². The van der Waals surface area contributed by atoms with Crippen LogP contribution in [0.2, 0.25) is 0 Å². The summed E-state index contributed by atoms with van der Waals surface area (Å²) >= 11 is 0. The number of hydrogen-bond donors (Lipinski definition) is 0. The van der Waals surface area contributed by atoms with Crippen LogP contribution in [0.15, 0.2) is 217 Å². The van der Waals surface area contributed by atoms with Crippen molar-refractivity contribution >= 4 is 49.8 Å². The summed E-state index contributed by atoms with van der Waals surface area (Å²) in [7, 11) is 0. The number of furan rings is 1. The molecule has 0 bridgehead atoms. The van der Waals surface area contributed by atoms with Gasteiger partial charge in [-0.05, 0) is 80.0 Å². The van der Waals surface area contributed by atoms with E-state index in [4.69, 9.17) is 4.42 Å². The molecule has 54 heavy (non-hydrogen) atoms. The number of anilines is 3. The highest BCUT2D eigenvalue weighted by atomic mass is 16.3. The van der Waals surface area contributed by atoms with E-state index in [1.54, 1.807) is 0 Å². The molecule has 0 spiro atoms. The van der Waals surface area contributed by atoms with Crippen molar-refractivity contribution in [2.24, 2.45) is 0 Å². The number of nitrogens with zero attached hydrogens (tertiary/aromatic N) is 1. The summed E-state index contributed by atoms with van der Waals surface area (Å²) in [5.74, 6) is 0. The van der Waals surface area contributed by atoms with Gasteiger partial charge in [0, 0.05) is 22.0 Å². The first-order chi connectivity index (χ1) is 26.8. The Morgan fingerprint density at radius 3 is 1.70 bits per heavy atom. The summed E-state index contributed by atoms with van der Waals surface area (Å²) in [4.78, 5) is 2.41. The van der Waals surface area contributed by atoms with Crippen molar-refractivity contribution in [1.82, 2.24) is 0 Å². The van der Waals surface area contributed by atoms with E-state index in [-0.39, 0.29) is 0 Å². The van der Waals surface area contributed by atoms with Crippen molar-refractivity contribution in [2.75, 3.05) is 4.90 Å². The Morgan fingerprint density at radius 1 is 0.333 bits per heavy atom. The van der Waals surface area contributed by atoms with Crippen LogP contribution in [0.1, 0.15) is 0 Å². The van der Waals surface area contributed by atoms with Gasteiger partial charge in [0.2, 0.25) is 0 Å². The third-order valence-corrected chi connectivity index (χ3v) is 10.5. The number of fused-ring (bicyclic) bond motifs is 4. The number of rotatable bonds is 7. The van der Waals surface area contributed by atoms with Crippen LogP contribution in [-0.4, -0.2) is 0 Å². The molecule has 2 nitrogen and oxygen atoms in total. The normalized spacial score (nSPS) is 11.3. The Kier molecular flexibility index (Phi) is 7.85. The molecule has 0 saturated carbocycles. The van der Waals surface area contributed by atoms with Gasteiger partial charge in [0.1, 0.15) is 5.58 Å². The first-order valence-electron chi connectivity index (χ1n) is 18.4. The SMILES string of the molecule is c1ccc(-c2ccccc2-c2c(-c3ccccc3)cccc2N(c2cccc(-c3cccc4ccccc34)c2)c2cccc3c2oc2ccccc23)cc1. The second kappa shape index (κ2) is 13.4. The van der Waals surface area contributed by atoms with E-state index in [1.807, 2.05) is 6.07 Å². The zero-order valence-electron chi connectivity index (χ0n) is 29.6. The summed E-state index contributed by atoms with van der Waals surface area (Å²) in [6.07, 6.45) is 0. The molecule has 1 heterocycles. The van der Waals surface area contributed by atoms with Crippen LogP contribution in [-0.2, 0) is 0 Å². The Labute approximate surface area is 314 Å². The minimum Gasteiger partial charge on any atom is -0.454 e. The standard InChI is InChI=1S/C52H35NO/c1-3-17-36(18-4-1)42-26-9-10-28-46(42)51-44(38-19-5-2-6-20-38)30-15-32-48(51)53(49-33-16-31-47-45-27-11-12-34-50(45)54-52(47)49)40-24-13-23-39(35-40)43-29-14-22-37-21-7-8-25-41(37)43/h1-35H. The predicted molar refractivity (Wildman–Crippen MR) is 228 cm³/mol. The number of hydrogen-bond acceptors (Lipinski definition) is 2. The zero-order valence-corrected chi connectivity index (χ0v) is 29.6. The largest absolute Gasteiger partial charge is 0.454 e. The van der Waals surface area contributed by atoms with Crippen LogP contribution in [0.3, 0.4) is 0 Å². The average molecular weight is 690 g/mol. The molecule has 10 aromatic rings. The third-order valence-electron chi connectivity index (χ3n) is 10.5. The van der Waals surface area contributed by atoms with Crippen molar-refractivity contribution < 1.29 is 4.42 Å². The highest BCUT2D eigenvalue weighted by Gasteiger charge is 2.25. The van der Waals surface area contributed by atoms with Gasteiger partial charge in [-0.1, -0.05) is 182 Å². The van der Waals surface area contributed by atoms with E-state index in [2.05, 4.69) is 211 Å². The molecule has 9 aromatic carbocycles. The second-order valence-corrected chi connectivity index (χ2v) is 13.6. The van der Waals surface area contributed by atoms with Crippen LogP contribution >= 0.6 is 0 Å². The molecule has 2 heteroatoms. The van der Waals surface area contributed by atoms with E-state index in [1.165, 1.54) is 27.5 Å². The lowest BCUT2D eigenvalue weighted by Gasteiger charge is -2.30. The van der Waals surface area contributed by atoms with E-state index in [0.29, 0.717) is 0 Å². The Morgan fingerprint density at radius 2 is 0.870 bits per heavy atom. The van der Waals surface area contributed by atoms with Crippen LogP contribution in [0.25, 0.3) is 77.2 Å². The number of para-hydroxylation sites is 2. The van der Waals surface area contributed by atoms with Gasteiger partial charge in [0.15, 0.2) is 5.58 Å². The minimum absolute atomic E-state index is 0.849. The summed E-state index contributed by atoms with van der Waals surface area (Å²) in [6, 6.07) is 75.9. The molecule has 0 unspecified atom stereocenters. The fourth-order valence-electron chi connectivity index (χ4n) is 8.04. The Hall–Kier alpha value is -7.16. The molecule has 0 radical (unpaired) electrons. The highest BCUT2D eigenvalue weighted by Crippen LogP contribution is 2.50. The van der Waals surface area contributed by atoms with Gasteiger partial charge in [-0.3, -0.25) is 0 Å². The molecule has 0 N–H and O–H groups in total. The molecule has 10 rings (SSSR count). The maximum absolute atomic E-state index is 6.79. The molecule has 1 aromatic heterocycles. The lowest BCUT2D eigenvalue weighted by atomic mass is 9.87. The van der Waals surface area contributed by atoms with Crippen LogP contribution in [0, 0.1) is 0 Å². The van der Waals surface area contributed by atoms with E-state index in [9.17, 15) is 0 Å². The van der Waals surface area contributed by atoms with Gasteiger partial charge in [-0.15, -0.1) is 0 Å². The Balaban J connectivity index is 1.30. The fourth-order valence-corrected chi connectivity index (χ4v) is 8.04. The molecule has 0 amide bonds. The summed E-state index contributed by atoms with van der Waals surface area (Å²) in [5, 5.41) is 4.64. The zero-order chi connectivity index (χ0) is 35.8. The maximum Gasteiger partial charge on any atom is 0.159 e. The van der Waals surface area contributed by atoms with Crippen molar-refractivity contribution in [3.8, 4) is 44.5 Å². The van der Waals surface area contributed by atoms with Crippen molar-refractivity contribution in [3.63, 3.8) is 0 Å². The van der Waals surface area contributed by atoms with Gasteiger partial charge in [-0.2, -0.15) is 0 Å². The fraction of sp³-hybridized carbons (Fsp3) is 0. The van der Waals surface area contributed by atoms with Gasteiger partial charge >= 0.3 is 0 Å². The Bertz CT molecular complexity index is 2940. The first-order valence-corrected chi connectivity index (χ1v) is 18.4. The summed E-state index contributed by atoms with van der Waals surface area (Å²) in [6.45, 7) is 0. The highest BCUT2D eigenvalue weighted by molar-refractivity contribution is 6.12. The first kappa shape index (κ1) is 31.6. The molecular formula is C52H35NO. The molecule has 0 aliphatic heterocycles. The monoisotopic (exact) mass is 689 g/mol. The lowest BCUT2D eigenvalue weighted by molar-refractivity contribution is 0.669. The molecule has 0 fully saturated rings. The van der Waals surface area contributed by atoms with Gasteiger partial charge in [-0.25, -0.2) is 0 Å². The molecule has 0 atom stereocenters. The van der Waals surface area contributed by atoms with Gasteiger partial charge < -0.3 is 9.32 Å². The van der Waals surface area contributed by atoms with E-state index >= 15 is 0 Å². The lowest BCUT2D eigenvalue weighted by Crippen LogP contribution is -2.12. The molecule has 0 aliphatic rings. The molecular weight excluding hydrogens is 655 g/mol. The van der Waals surface area contributed by atoms with E-state index < -0.39 is 0 Å². The minimum atomic E-state index is 0.849. The van der Waals surface area contributed by atoms with E-state index in [0.717, 1.165) is 66.8 Å². The predicted octanol–water partition coefficient (Wildman–Crippen LogP) is 14.9. The quantitative estimate of drug-likeness (QED) is 0.166. The molecule has 0 saturated heterocycles. The van der Waals surface area contributed by atoms with Gasteiger partial charge in [0.05, 0.1) is 11.4 Å². The smallest absolute Gasteiger partial charge is 0.159 e. The molecule has 254 valence electrons.